The Balaban J connectivity index is 1.41. The highest BCUT2D eigenvalue weighted by molar-refractivity contribution is 5.87. The standard InChI is InChI=1S/C22H18F3N7/c23-22(24,25)21-11-17(9-10-27-21)28-13-18-14-32(31-30-18)19-7-5-16(6-8-19)29-20-4-2-1-3-15(20)12-26/h1-12,14,26,29H,13H2,(H,27,28). The van der Waals surface area contributed by atoms with E-state index in [1.54, 1.807) is 10.9 Å². The number of anilines is 3. The third kappa shape index (κ3) is 4.91. The summed E-state index contributed by atoms with van der Waals surface area (Å²) in [6, 6.07) is 17.4. The average Bonchev–Trinajstić information content (AvgIpc) is 3.27. The van der Waals surface area contributed by atoms with Crippen LogP contribution in [0.2, 0.25) is 0 Å². The molecule has 0 aliphatic heterocycles. The van der Waals surface area contributed by atoms with E-state index in [1.807, 2.05) is 48.5 Å². The number of alkyl halides is 3. The molecule has 2 heterocycles. The van der Waals surface area contributed by atoms with Crippen molar-refractivity contribution in [2.24, 2.45) is 0 Å². The van der Waals surface area contributed by atoms with Crippen LogP contribution in [-0.2, 0) is 12.7 Å². The molecule has 0 spiro atoms. The predicted molar refractivity (Wildman–Crippen MR) is 116 cm³/mol. The second kappa shape index (κ2) is 8.88. The summed E-state index contributed by atoms with van der Waals surface area (Å²) in [6.45, 7) is 0.210. The normalized spacial score (nSPS) is 11.2. The van der Waals surface area contributed by atoms with E-state index >= 15 is 0 Å². The minimum atomic E-state index is -4.50. The largest absolute Gasteiger partial charge is 0.433 e. The Morgan fingerprint density at radius 1 is 1.00 bits per heavy atom. The summed E-state index contributed by atoms with van der Waals surface area (Å²) in [6.07, 6.45) is -0.398. The topological polar surface area (TPSA) is 91.5 Å². The second-order valence-corrected chi connectivity index (χ2v) is 6.84. The van der Waals surface area contributed by atoms with Gasteiger partial charge in [-0.3, -0.25) is 4.98 Å². The predicted octanol–water partition coefficient (Wildman–Crippen LogP) is 5.03. The Bertz CT molecular complexity index is 1220. The van der Waals surface area contributed by atoms with Crippen molar-refractivity contribution in [3.05, 3.63) is 90.0 Å². The fourth-order valence-electron chi connectivity index (χ4n) is 2.98. The third-order valence-corrected chi connectivity index (χ3v) is 4.59. The van der Waals surface area contributed by atoms with Gasteiger partial charge in [-0.1, -0.05) is 23.4 Å². The number of hydrogen-bond donors (Lipinski definition) is 3. The van der Waals surface area contributed by atoms with Crippen LogP contribution in [0.15, 0.2) is 73.1 Å². The summed E-state index contributed by atoms with van der Waals surface area (Å²) in [5.74, 6) is 0. The summed E-state index contributed by atoms with van der Waals surface area (Å²) in [4.78, 5) is 3.34. The quantitative estimate of drug-likeness (QED) is 0.353. The molecule has 0 aliphatic carbocycles. The Hall–Kier alpha value is -4.21. The van der Waals surface area contributed by atoms with Gasteiger partial charge in [-0.15, -0.1) is 5.10 Å². The number of nitrogens with zero attached hydrogens (tertiary/aromatic N) is 4. The summed E-state index contributed by atoms with van der Waals surface area (Å²) in [7, 11) is 0. The van der Waals surface area contributed by atoms with Crippen molar-refractivity contribution in [2.45, 2.75) is 12.7 Å². The molecule has 0 unspecified atom stereocenters. The monoisotopic (exact) mass is 437 g/mol. The lowest BCUT2D eigenvalue weighted by molar-refractivity contribution is -0.141. The maximum absolute atomic E-state index is 12.8. The number of halogens is 3. The van der Waals surface area contributed by atoms with Crippen molar-refractivity contribution >= 4 is 23.3 Å². The van der Waals surface area contributed by atoms with Crippen molar-refractivity contribution in [3.63, 3.8) is 0 Å². The van der Waals surface area contributed by atoms with Gasteiger partial charge in [0.05, 0.1) is 18.4 Å². The fourth-order valence-corrected chi connectivity index (χ4v) is 2.98. The molecule has 0 saturated heterocycles. The van der Waals surface area contributed by atoms with Gasteiger partial charge in [-0.2, -0.15) is 13.2 Å². The van der Waals surface area contributed by atoms with Crippen LogP contribution in [-0.4, -0.2) is 26.2 Å². The SMILES string of the molecule is N=Cc1ccccc1Nc1ccc(-n2cc(CNc3ccnc(C(F)(F)F)c3)nn2)cc1. The van der Waals surface area contributed by atoms with Crippen molar-refractivity contribution < 1.29 is 13.2 Å². The van der Waals surface area contributed by atoms with E-state index < -0.39 is 11.9 Å². The molecule has 10 heteroatoms. The molecule has 3 N–H and O–H groups in total. The molecule has 162 valence electrons. The van der Waals surface area contributed by atoms with Crippen LogP contribution < -0.4 is 10.6 Å². The first kappa shape index (κ1) is 21.0. The molecule has 0 amide bonds. The molecule has 32 heavy (non-hydrogen) atoms. The van der Waals surface area contributed by atoms with E-state index in [9.17, 15) is 13.2 Å². The number of pyridine rings is 1. The molecule has 2 aromatic heterocycles. The van der Waals surface area contributed by atoms with Gasteiger partial charge in [-0.25, -0.2) is 4.68 Å². The van der Waals surface area contributed by atoms with E-state index in [0.29, 0.717) is 11.4 Å². The maximum Gasteiger partial charge on any atom is 0.433 e. The smallest absolute Gasteiger partial charge is 0.379 e. The molecule has 0 fully saturated rings. The zero-order chi connectivity index (χ0) is 22.6. The van der Waals surface area contributed by atoms with Crippen molar-refractivity contribution in [2.75, 3.05) is 10.6 Å². The Kier molecular flexibility index (Phi) is 5.84. The first-order chi connectivity index (χ1) is 15.4. The number of rotatable bonds is 7. The van der Waals surface area contributed by atoms with Gasteiger partial charge >= 0.3 is 6.18 Å². The van der Waals surface area contributed by atoms with Gasteiger partial charge in [0.15, 0.2) is 0 Å². The van der Waals surface area contributed by atoms with Crippen LogP contribution >= 0.6 is 0 Å². The Labute approximate surface area is 181 Å². The molecule has 0 aliphatic rings. The first-order valence-corrected chi connectivity index (χ1v) is 9.58. The summed E-state index contributed by atoms with van der Waals surface area (Å²) in [5, 5.41) is 21.8. The summed E-state index contributed by atoms with van der Waals surface area (Å²) < 4.78 is 39.9. The zero-order valence-electron chi connectivity index (χ0n) is 16.6. The van der Waals surface area contributed by atoms with Crippen molar-refractivity contribution in [3.8, 4) is 5.69 Å². The molecule has 0 saturated carbocycles. The van der Waals surface area contributed by atoms with Gasteiger partial charge in [0.2, 0.25) is 0 Å². The van der Waals surface area contributed by atoms with Crippen LogP contribution in [0, 0.1) is 5.41 Å². The van der Waals surface area contributed by atoms with E-state index in [4.69, 9.17) is 5.41 Å². The van der Waals surface area contributed by atoms with Crippen LogP contribution in [0.4, 0.5) is 30.2 Å². The van der Waals surface area contributed by atoms with Crippen LogP contribution in [0.25, 0.3) is 5.69 Å². The Morgan fingerprint density at radius 2 is 1.78 bits per heavy atom. The second-order valence-electron chi connectivity index (χ2n) is 6.84. The van der Waals surface area contributed by atoms with Crippen molar-refractivity contribution in [1.82, 2.24) is 20.0 Å². The minimum absolute atomic E-state index is 0.210. The molecule has 7 nitrogen and oxygen atoms in total. The van der Waals surface area contributed by atoms with E-state index in [-0.39, 0.29) is 6.54 Å². The number of benzene rings is 2. The average molecular weight is 437 g/mol. The number of aromatic nitrogens is 4. The fraction of sp³-hybridized carbons (Fsp3) is 0.0909. The van der Waals surface area contributed by atoms with Crippen LogP contribution in [0.1, 0.15) is 17.0 Å². The van der Waals surface area contributed by atoms with Crippen molar-refractivity contribution in [1.29, 1.82) is 5.41 Å². The van der Waals surface area contributed by atoms with E-state index in [1.165, 1.54) is 12.3 Å². The molecular formula is C22H18F3N7. The number of hydrogen-bond acceptors (Lipinski definition) is 6. The minimum Gasteiger partial charge on any atom is -0.379 e. The highest BCUT2D eigenvalue weighted by Crippen LogP contribution is 2.29. The van der Waals surface area contributed by atoms with Gasteiger partial charge in [0.1, 0.15) is 11.4 Å². The molecule has 0 atom stereocenters. The highest BCUT2D eigenvalue weighted by atomic mass is 19.4. The molecule has 2 aromatic carbocycles. The van der Waals surface area contributed by atoms with Gasteiger partial charge in [-0.05, 0) is 42.5 Å². The zero-order valence-corrected chi connectivity index (χ0v) is 16.6. The molecule has 0 bridgehead atoms. The van der Waals surface area contributed by atoms with Crippen LogP contribution in [0.5, 0.6) is 0 Å². The lowest BCUT2D eigenvalue weighted by atomic mass is 10.2. The summed E-state index contributed by atoms with van der Waals surface area (Å²) in [5.41, 5.74) is 3.14. The van der Waals surface area contributed by atoms with E-state index in [2.05, 4.69) is 25.9 Å². The first-order valence-electron chi connectivity index (χ1n) is 9.58. The number of nitrogens with one attached hydrogen (secondary N) is 3. The third-order valence-electron chi connectivity index (χ3n) is 4.59. The molecule has 4 aromatic rings. The van der Waals surface area contributed by atoms with Gasteiger partial charge in [0, 0.05) is 35.0 Å². The summed E-state index contributed by atoms with van der Waals surface area (Å²) >= 11 is 0. The molecular weight excluding hydrogens is 419 g/mol. The number of para-hydroxylation sites is 1. The van der Waals surface area contributed by atoms with E-state index in [0.717, 1.165) is 34.9 Å². The van der Waals surface area contributed by atoms with Gasteiger partial charge < -0.3 is 16.0 Å². The maximum atomic E-state index is 12.8. The lowest BCUT2D eigenvalue weighted by Crippen LogP contribution is -2.09. The highest BCUT2D eigenvalue weighted by Gasteiger charge is 2.32. The van der Waals surface area contributed by atoms with Gasteiger partial charge in [0.25, 0.3) is 0 Å². The molecule has 0 radical (unpaired) electrons. The Morgan fingerprint density at radius 3 is 2.53 bits per heavy atom. The molecule has 4 rings (SSSR count). The lowest BCUT2D eigenvalue weighted by Gasteiger charge is -2.10. The van der Waals surface area contributed by atoms with Crippen LogP contribution in [0.3, 0.4) is 0 Å².